The van der Waals surface area contributed by atoms with Crippen LogP contribution in [0.25, 0.3) is 0 Å². The van der Waals surface area contributed by atoms with Crippen molar-refractivity contribution in [3.63, 3.8) is 0 Å². The molecule has 1 N–H and O–H groups in total. The Labute approximate surface area is 103 Å². The monoisotopic (exact) mass is 244 g/mol. The number of carbonyl (C=O) groups is 1. The van der Waals surface area contributed by atoms with Gasteiger partial charge in [-0.25, -0.2) is 0 Å². The molecule has 100 valence electrons. The Kier molecular flexibility index (Phi) is 5.36. The topological polar surface area (TPSA) is 53.0 Å². The maximum Gasteiger partial charge on any atom is 0.320 e. The second-order valence-corrected chi connectivity index (χ2v) is 5.27. The van der Waals surface area contributed by atoms with E-state index in [9.17, 15) is 9.90 Å². The van der Waals surface area contributed by atoms with Crippen LogP contribution in [-0.2, 0) is 9.53 Å². The first-order valence-electron chi connectivity index (χ1n) is 6.14. The van der Waals surface area contributed by atoms with Crippen molar-refractivity contribution in [2.75, 3.05) is 33.7 Å². The molecule has 0 saturated carbocycles. The number of hydrogen-bond acceptors (Lipinski definition) is 5. The van der Waals surface area contributed by atoms with Gasteiger partial charge in [-0.15, -0.1) is 0 Å². The zero-order valence-corrected chi connectivity index (χ0v) is 11.2. The number of β-amino-alcohol motifs (C(OH)–C–C–N with tert-alkyl or cyclic N) is 1. The average Bonchev–Trinajstić information content (AvgIpc) is 2.43. The lowest BCUT2D eigenvalue weighted by Crippen LogP contribution is -2.41. The zero-order chi connectivity index (χ0) is 13.0. The lowest BCUT2D eigenvalue weighted by molar-refractivity contribution is -0.149. The quantitative estimate of drug-likeness (QED) is 0.686. The zero-order valence-electron chi connectivity index (χ0n) is 11.2. The van der Waals surface area contributed by atoms with Crippen LogP contribution in [0.5, 0.6) is 0 Å². The van der Waals surface area contributed by atoms with E-state index in [-0.39, 0.29) is 30.8 Å². The minimum Gasteiger partial charge on any atom is -0.462 e. The average molecular weight is 244 g/mol. The number of likely N-dealkylation sites (N-methyl/N-ethyl adjacent to an activating group) is 1. The molecular weight excluding hydrogens is 220 g/mol. The molecule has 5 nitrogen and oxygen atoms in total. The summed E-state index contributed by atoms with van der Waals surface area (Å²) in [6.07, 6.45) is 0.321. The van der Waals surface area contributed by atoms with Gasteiger partial charge < -0.3 is 14.7 Å². The van der Waals surface area contributed by atoms with Gasteiger partial charge in [-0.3, -0.25) is 9.69 Å². The number of carbonyl (C=O) groups excluding carboxylic acids is 1. The molecule has 1 fully saturated rings. The molecule has 0 bridgehead atoms. The van der Waals surface area contributed by atoms with Gasteiger partial charge >= 0.3 is 5.97 Å². The molecule has 1 aliphatic rings. The first kappa shape index (κ1) is 14.4. The van der Waals surface area contributed by atoms with E-state index in [0.717, 1.165) is 13.0 Å². The number of nitrogens with zero attached hydrogens (tertiary/aromatic N) is 2. The summed E-state index contributed by atoms with van der Waals surface area (Å²) in [6.45, 7) is 5.37. The molecular formula is C12H24N2O3. The Bertz CT molecular complexity index is 256. The molecule has 17 heavy (non-hydrogen) atoms. The van der Waals surface area contributed by atoms with Crippen LogP contribution in [0.4, 0.5) is 0 Å². The fraction of sp³-hybridized carbons (Fsp3) is 0.917. The summed E-state index contributed by atoms with van der Waals surface area (Å²) in [6, 6.07) is 0.236. The summed E-state index contributed by atoms with van der Waals surface area (Å²) in [4.78, 5) is 15.7. The molecule has 1 rings (SSSR count). The number of esters is 1. The van der Waals surface area contributed by atoms with Crippen molar-refractivity contribution in [1.82, 2.24) is 9.80 Å². The van der Waals surface area contributed by atoms with Crippen molar-refractivity contribution in [2.45, 2.75) is 38.5 Å². The SMILES string of the molecule is CC(C)OC(=O)CN1CC(O)CC1CN(C)C. The Balaban J connectivity index is 2.46. The molecule has 1 heterocycles. The van der Waals surface area contributed by atoms with Gasteiger partial charge in [-0.1, -0.05) is 0 Å². The third-order valence-electron chi connectivity index (χ3n) is 2.78. The van der Waals surface area contributed by atoms with Gasteiger partial charge in [0, 0.05) is 19.1 Å². The molecule has 0 aromatic carbocycles. The Morgan fingerprint density at radius 2 is 2.18 bits per heavy atom. The van der Waals surface area contributed by atoms with Crippen LogP contribution in [0.15, 0.2) is 0 Å². The highest BCUT2D eigenvalue weighted by Crippen LogP contribution is 2.18. The summed E-state index contributed by atoms with van der Waals surface area (Å²) in [5, 5.41) is 9.67. The molecule has 5 heteroatoms. The van der Waals surface area contributed by atoms with E-state index in [1.165, 1.54) is 0 Å². The second kappa shape index (κ2) is 6.33. The van der Waals surface area contributed by atoms with Gasteiger partial charge in [0.1, 0.15) is 0 Å². The van der Waals surface area contributed by atoms with E-state index in [1.807, 2.05) is 32.8 Å². The summed E-state index contributed by atoms with van der Waals surface area (Å²) in [5.41, 5.74) is 0. The van der Waals surface area contributed by atoms with Gasteiger partial charge in [-0.2, -0.15) is 0 Å². The molecule has 2 atom stereocenters. The lowest BCUT2D eigenvalue weighted by Gasteiger charge is -2.26. The number of rotatable bonds is 5. The van der Waals surface area contributed by atoms with E-state index in [1.54, 1.807) is 0 Å². The smallest absolute Gasteiger partial charge is 0.320 e. The van der Waals surface area contributed by atoms with Gasteiger partial charge in [-0.05, 0) is 34.4 Å². The molecule has 1 saturated heterocycles. The lowest BCUT2D eigenvalue weighted by atomic mass is 10.2. The maximum atomic E-state index is 11.6. The first-order valence-corrected chi connectivity index (χ1v) is 6.14. The first-order chi connectivity index (χ1) is 7.88. The number of likely N-dealkylation sites (tertiary alicyclic amines) is 1. The maximum absolute atomic E-state index is 11.6. The van der Waals surface area contributed by atoms with E-state index in [0.29, 0.717) is 6.54 Å². The highest BCUT2D eigenvalue weighted by atomic mass is 16.5. The molecule has 0 radical (unpaired) electrons. The minimum absolute atomic E-state index is 0.0812. The van der Waals surface area contributed by atoms with Crippen molar-refractivity contribution < 1.29 is 14.6 Å². The van der Waals surface area contributed by atoms with Gasteiger partial charge in [0.05, 0.1) is 18.8 Å². The molecule has 0 aromatic rings. The van der Waals surface area contributed by atoms with Crippen molar-refractivity contribution in [1.29, 1.82) is 0 Å². The van der Waals surface area contributed by atoms with Crippen molar-refractivity contribution in [3.05, 3.63) is 0 Å². The van der Waals surface area contributed by atoms with Crippen LogP contribution in [0.3, 0.4) is 0 Å². The summed E-state index contributed by atoms with van der Waals surface area (Å²) in [5.74, 6) is -0.210. The van der Waals surface area contributed by atoms with Gasteiger partial charge in [0.2, 0.25) is 0 Å². The minimum atomic E-state index is -0.327. The van der Waals surface area contributed by atoms with Crippen LogP contribution in [0.2, 0.25) is 0 Å². The van der Waals surface area contributed by atoms with Gasteiger partial charge in [0.15, 0.2) is 0 Å². The van der Waals surface area contributed by atoms with Crippen LogP contribution >= 0.6 is 0 Å². The Morgan fingerprint density at radius 1 is 1.53 bits per heavy atom. The molecule has 0 aromatic heterocycles. The van der Waals surface area contributed by atoms with Crippen LogP contribution in [-0.4, -0.2) is 72.9 Å². The highest BCUT2D eigenvalue weighted by molar-refractivity contribution is 5.71. The highest BCUT2D eigenvalue weighted by Gasteiger charge is 2.32. The molecule has 0 amide bonds. The normalized spacial score (nSPS) is 25.8. The Morgan fingerprint density at radius 3 is 2.71 bits per heavy atom. The summed E-state index contributed by atoms with van der Waals surface area (Å²) >= 11 is 0. The fourth-order valence-corrected chi connectivity index (χ4v) is 2.23. The van der Waals surface area contributed by atoms with E-state index >= 15 is 0 Å². The van der Waals surface area contributed by atoms with Gasteiger partial charge in [0.25, 0.3) is 0 Å². The molecule has 1 aliphatic heterocycles. The second-order valence-electron chi connectivity index (χ2n) is 5.27. The predicted molar refractivity (Wildman–Crippen MR) is 65.8 cm³/mol. The fourth-order valence-electron chi connectivity index (χ4n) is 2.23. The molecule has 0 aliphatic carbocycles. The van der Waals surface area contributed by atoms with Crippen molar-refractivity contribution >= 4 is 5.97 Å². The summed E-state index contributed by atoms with van der Waals surface area (Å²) in [7, 11) is 3.99. The van der Waals surface area contributed by atoms with Crippen molar-refractivity contribution in [2.24, 2.45) is 0 Å². The largest absolute Gasteiger partial charge is 0.462 e. The predicted octanol–water partition coefficient (Wildman–Crippen LogP) is -0.0652. The molecule has 2 unspecified atom stereocenters. The molecule has 0 spiro atoms. The van der Waals surface area contributed by atoms with E-state index in [4.69, 9.17) is 4.74 Å². The third kappa shape index (κ3) is 5.02. The number of ether oxygens (including phenoxy) is 1. The number of aliphatic hydroxyl groups excluding tert-OH is 1. The van der Waals surface area contributed by atoms with Crippen LogP contribution in [0.1, 0.15) is 20.3 Å². The van der Waals surface area contributed by atoms with E-state index in [2.05, 4.69) is 4.90 Å². The van der Waals surface area contributed by atoms with Crippen molar-refractivity contribution in [3.8, 4) is 0 Å². The van der Waals surface area contributed by atoms with Crippen LogP contribution < -0.4 is 0 Å². The van der Waals surface area contributed by atoms with E-state index < -0.39 is 0 Å². The standard InChI is InChI=1S/C12H24N2O3/c1-9(2)17-12(16)8-14-7-11(15)5-10(14)6-13(3)4/h9-11,15H,5-8H2,1-4H3. The number of hydrogen-bond donors (Lipinski definition) is 1. The Hall–Kier alpha value is -0.650. The summed E-state index contributed by atoms with van der Waals surface area (Å²) < 4.78 is 5.12. The van der Waals surface area contributed by atoms with Crippen LogP contribution in [0, 0.1) is 0 Å². The number of aliphatic hydroxyl groups is 1. The third-order valence-corrected chi connectivity index (χ3v) is 2.78.